The second kappa shape index (κ2) is 7.03. The highest BCUT2D eigenvalue weighted by Crippen LogP contribution is 2.31. The first-order valence-corrected chi connectivity index (χ1v) is 9.66. The van der Waals surface area contributed by atoms with Gasteiger partial charge in [0.15, 0.2) is 12.4 Å². The Labute approximate surface area is 155 Å². The van der Waals surface area contributed by atoms with Gasteiger partial charge in [-0.25, -0.2) is 4.79 Å². The van der Waals surface area contributed by atoms with Gasteiger partial charge in [0.2, 0.25) is 5.91 Å². The predicted octanol–water partition coefficient (Wildman–Crippen LogP) is 3.40. The molecule has 26 heavy (non-hydrogen) atoms. The lowest BCUT2D eigenvalue weighted by Crippen LogP contribution is -2.24. The number of anilines is 1. The highest BCUT2D eigenvalue weighted by atomic mass is 32.1. The zero-order valence-corrected chi connectivity index (χ0v) is 15.1. The van der Waals surface area contributed by atoms with Gasteiger partial charge in [0.05, 0.1) is 0 Å². The Morgan fingerprint density at radius 3 is 2.77 bits per heavy atom. The number of esters is 1. The van der Waals surface area contributed by atoms with Gasteiger partial charge >= 0.3 is 5.97 Å². The molecule has 2 aromatic rings. The molecule has 1 amide bonds. The Morgan fingerprint density at radius 1 is 1.12 bits per heavy atom. The summed E-state index contributed by atoms with van der Waals surface area (Å²) in [4.78, 5) is 40.0. The quantitative estimate of drug-likeness (QED) is 0.599. The molecule has 1 aliphatic heterocycles. The summed E-state index contributed by atoms with van der Waals surface area (Å²) in [6.45, 7) is 0.382. The van der Waals surface area contributed by atoms with Crippen LogP contribution in [0.1, 0.15) is 49.7 Å². The van der Waals surface area contributed by atoms with Crippen LogP contribution in [0.5, 0.6) is 0 Å². The van der Waals surface area contributed by atoms with Crippen molar-refractivity contribution < 1.29 is 19.1 Å². The Kier molecular flexibility index (Phi) is 4.59. The molecular formula is C20H19NO4S. The lowest BCUT2D eigenvalue weighted by atomic mass is 10.1. The zero-order chi connectivity index (χ0) is 18.1. The van der Waals surface area contributed by atoms with Crippen molar-refractivity contribution in [1.82, 2.24) is 0 Å². The van der Waals surface area contributed by atoms with E-state index in [1.165, 1.54) is 21.8 Å². The Bertz CT molecular complexity index is 864. The number of benzene rings is 1. The molecule has 2 heterocycles. The normalized spacial score (nSPS) is 16.0. The molecule has 2 aliphatic rings. The van der Waals surface area contributed by atoms with E-state index in [1.54, 1.807) is 23.1 Å². The number of thiophene rings is 1. The van der Waals surface area contributed by atoms with Crippen molar-refractivity contribution in [3.63, 3.8) is 0 Å². The van der Waals surface area contributed by atoms with Crippen molar-refractivity contribution in [1.29, 1.82) is 0 Å². The van der Waals surface area contributed by atoms with Gasteiger partial charge in [0.1, 0.15) is 4.88 Å². The fourth-order valence-electron chi connectivity index (χ4n) is 3.48. The van der Waals surface area contributed by atoms with Crippen LogP contribution in [-0.2, 0) is 22.4 Å². The lowest BCUT2D eigenvalue weighted by Gasteiger charge is -2.16. The fraction of sp³-hybridized carbons (Fsp3) is 0.350. The largest absolute Gasteiger partial charge is 0.453 e. The highest BCUT2D eigenvalue weighted by Gasteiger charge is 2.23. The summed E-state index contributed by atoms with van der Waals surface area (Å²) in [6, 6.07) is 8.83. The summed E-state index contributed by atoms with van der Waals surface area (Å²) in [6.07, 6.45) is 4.55. The van der Waals surface area contributed by atoms with Crippen LogP contribution in [0.2, 0.25) is 0 Å². The number of fused-ring (bicyclic) bond motifs is 1. The number of nitrogens with zero attached hydrogens (tertiary/aromatic N) is 1. The minimum atomic E-state index is -0.441. The number of carbonyl (C=O) groups is 3. The second-order valence-electron chi connectivity index (χ2n) is 6.61. The van der Waals surface area contributed by atoms with Gasteiger partial charge in [0.25, 0.3) is 0 Å². The standard InChI is InChI=1S/C20H19NO4S/c22-16(12-25-20(24)18-11-14-5-2-7-17(14)26-18)13-4-1-6-15(10-13)21-9-3-8-19(21)23/h1,4,6,10-11H,2-3,5,7-9,12H2. The third-order valence-corrected chi connectivity index (χ3v) is 6.05. The Morgan fingerprint density at radius 2 is 2.00 bits per heavy atom. The van der Waals surface area contributed by atoms with E-state index in [2.05, 4.69) is 0 Å². The van der Waals surface area contributed by atoms with E-state index >= 15 is 0 Å². The van der Waals surface area contributed by atoms with Crippen LogP contribution in [0.25, 0.3) is 0 Å². The number of rotatable bonds is 5. The van der Waals surface area contributed by atoms with E-state index < -0.39 is 5.97 Å². The number of amides is 1. The highest BCUT2D eigenvalue weighted by molar-refractivity contribution is 7.14. The van der Waals surface area contributed by atoms with Crippen molar-refractivity contribution in [3.05, 3.63) is 51.2 Å². The molecule has 0 spiro atoms. The third-order valence-electron chi connectivity index (χ3n) is 4.84. The van der Waals surface area contributed by atoms with E-state index in [4.69, 9.17) is 4.74 Å². The average molecular weight is 369 g/mol. The lowest BCUT2D eigenvalue weighted by molar-refractivity contribution is -0.117. The van der Waals surface area contributed by atoms with Gasteiger partial charge in [-0.05, 0) is 49.4 Å². The minimum absolute atomic E-state index is 0.0757. The molecule has 0 N–H and O–H groups in total. The first-order valence-electron chi connectivity index (χ1n) is 8.84. The summed E-state index contributed by atoms with van der Waals surface area (Å²) in [7, 11) is 0. The van der Waals surface area contributed by atoms with E-state index in [-0.39, 0.29) is 18.3 Å². The van der Waals surface area contributed by atoms with E-state index in [0.717, 1.165) is 31.4 Å². The van der Waals surface area contributed by atoms with Crippen LogP contribution < -0.4 is 4.90 Å². The van der Waals surface area contributed by atoms with Crippen LogP contribution in [0.15, 0.2) is 30.3 Å². The molecule has 1 aromatic heterocycles. The maximum absolute atomic E-state index is 12.4. The number of ketones is 1. The molecule has 4 rings (SSSR count). The number of carbonyl (C=O) groups excluding carboxylic acids is 3. The van der Waals surface area contributed by atoms with Crippen molar-refractivity contribution in [2.75, 3.05) is 18.1 Å². The molecule has 0 unspecified atom stereocenters. The number of aryl methyl sites for hydroxylation is 2. The second-order valence-corrected chi connectivity index (χ2v) is 7.75. The molecule has 1 aliphatic carbocycles. The maximum Gasteiger partial charge on any atom is 0.348 e. The third kappa shape index (κ3) is 3.29. The van der Waals surface area contributed by atoms with E-state index in [1.807, 2.05) is 12.1 Å². The minimum Gasteiger partial charge on any atom is -0.453 e. The SMILES string of the molecule is O=C(COC(=O)c1cc2c(s1)CCC2)c1cccc(N2CCCC2=O)c1. The van der Waals surface area contributed by atoms with Crippen molar-refractivity contribution in [2.24, 2.45) is 0 Å². The molecule has 0 atom stereocenters. The number of hydrogen-bond donors (Lipinski definition) is 0. The van der Waals surface area contributed by atoms with Crippen molar-refractivity contribution in [3.8, 4) is 0 Å². The van der Waals surface area contributed by atoms with Gasteiger partial charge in [-0.3, -0.25) is 9.59 Å². The zero-order valence-electron chi connectivity index (χ0n) is 14.3. The summed E-state index contributed by atoms with van der Waals surface area (Å²) >= 11 is 1.47. The molecule has 1 aromatic carbocycles. The predicted molar refractivity (Wildman–Crippen MR) is 99.0 cm³/mol. The number of hydrogen-bond acceptors (Lipinski definition) is 5. The fourth-order valence-corrected chi connectivity index (χ4v) is 4.63. The van der Waals surface area contributed by atoms with Crippen LogP contribution >= 0.6 is 11.3 Å². The number of ether oxygens (including phenoxy) is 1. The van der Waals surface area contributed by atoms with Gasteiger partial charge in [-0.1, -0.05) is 12.1 Å². The molecule has 6 heteroatoms. The smallest absolute Gasteiger partial charge is 0.348 e. The first kappa shape index (κ1) is 17.0. The average Bonchev–Trinajstić information content (AvgIpc) is 3.35. The molecule has 1 fully saturated rings. The monoisotopic (exact) mass is 369 g/mol. The first-order chi connectivity index (χ1) is 12.6. The van der Waals surface area contributed by atoms with Gasteiger partial charge in [-0.15, -0.1) is 11.3 Å². The number of Topliss-reactive ketones (excluding diaryl/α,β-unsaturated/α-hetero) is 1. The molecular weight excluding hydrogens is 350 g/mol. The topological polar surface area (TPSA) is 63.7 Å². The maximum atomic E-state index is 12.4. The molecule has 0 saturated carbocycles. The van der Waals surface area contributed by atoms with Crippen LogP contribution in [-0.4, -0.2) is 30.8 Å². The molecule has 5 nitrogen and oxygen atoms in total. The van der Waals surface area contributed by atoms with Gasteiger partial charge < -0.3 is 9.64 Å². The van der Waals surface area contributed by atoms with E-state index in [0.29, 0.717) is 23.4 Å². The van der Waals surface area contributed by atoms with Gasteiger partial charge in [-0.2, -0.15) is 0 Å². The summed E-state index contributed by atoms with van der Waals surface area (Å²) in [5.41, 5.74) is 2.40. The summed E-state index contributed by atoms with van der Waals surface area (Å²) in [5.74, 6) is -0.633. The Hall–Kier alpha value is -2.47. The molecule has 0 radical (unpaired) electrons. The van der Waals surface area contributed by atoms with E-state index in [9.17, 15) is 14.4 Å². The Balaban J connectivity index is 1.40. The van der Waals surface area contributed by atoms with Crippen molar-refractivity contribution in [2.45, 2.75) is 32.1 Å². The summed E-state index contributed by atoms with van der Waals surface area (Å²) in [5, 5.41) is 0. The van der Waals surface area contributed by atoms with Crippen LogP contribution in [0, 0.1) is 0 Å². The molecule has 0 bridgehead atoms. The van der Waals surface area contributed by atoms with Crippen molar-refractivity contribution >= 4 is 34.7 Å². The van der Waals surface area contributed by atoms with Crippen LogP contribution in [0.4, 0.5) is 5.69 Å². The summed E-state index contributed by atoms with van der Waals surface area (Å²) < 4.78 is 5.21. The van der Waals surface area contributed by atoms with Crippen LogP contribution in [0.3, 0.4) is 0 Å². The molecule has 134 valence electrons. The molecule has 1 saturated heterocycles. The van der Waals surface area contributed by atoms with Gasteiger partial charge in [0, 0.05) is 29.1 Å².